The van der Waals surface area contributed by atoms with Crippen LogP contribution in [0.4, 0.5) is 0 Å². The van der Waals surface area contributed by atoms with Gasteiger partial charge in [-0.1, -0.05) is 13.0 Å². The van der Waals surface area contributed by atoms with E-state index >= 15 is 0 Å². The monoisotopic (exact) mass is 309 g/mol. The number of benzene rings is 1. The number of hydrogen-bond donors (Lipinski definition) is 2. The van der Waals surface area contributed by atoms with E-state index < -0.39 is 0 Å². The zero-order chi connectivity index (χ0) is 15.8. The summed E-state index contributed by atoms with van der Waals surface area (Å²) in [5, 5.41) is 9.34. The van der Waals surface area contributed by atoms with Gasteiger partial charge in [0.05, 0.1) is 11.0 Å². The lowest BCUT2D eigenvalue weighted by atomic mass is 10.2. The fourth-order valence-corrected chi connectivity index (χ4v) is 2.95. The van der Waals surface area contributed by atoms with Crippen LogP contribution in [0.15, 0.2) is 30.5 Å². The van der Waals surface area contributed by atoms with Crippen LogP contribution in [0.5, 0.6) is 0 Å². The summed E-state index contributed by atoms with van der Waals surface area (Å²) in [6, 6.07) is 8.54. The second-order valence-electron chi connectivity index (χ2n) is 5.96. The maximum absolute atomic E-state index is 11.9. The summed E-state index contributed by atoms with van der Waals surface area (Å²) in [6.07, 6.45) is 5.01. The zero-order valence-electron chi connectivity index (χ0n) is 13.0. The van der Waals surface area contributed by atoms with Crippen LogP contribution in [0.25, 0.3) is 11.0 Å². The Morgan fingerprint density at radius 3 is 2.96 bits per heavy atom. The number of aromatic amines is 1. The number of aryl methyl sites for hydroxylation is 1. The van der Waals surface area contributed by atoms with Crippen LogP contribution >= 0.6 is 0 Å². The molecular weight excluding hydrogens is 290 g/mol. The highest BCUT2D eigenvalue weighted by molar-refractivity contribution is 5.92. The van der Waals surface area contributed by atoms with Crippen molar-refractivity contribution in [2.75, 3.05) is 0 Å². The average molecular weight is 309 g/mol. The van der Waals surface area contributed by atoms with Crippen LogP contribution in [0, 0.1) is 0 Å². The standard InChI is InChI=1S/C17H19N5O/c1-2-16-20-14-9-11(3-6-15(14)22(16)12-4-5-12)10-18-17(23)13-7-8-19-21-13/h3,6-9,12H,2,4-5,10H2,1H3,(H,18,23)(H,19,21). The molecule has 0 unspecified atom stereocenters. The molecule has 2 aromatic heterocycles. The lowest BCUT2D eigenvalue weighted by Gasteiger charge is -2.06. The predicted octanol–water partition coefficient (Wildman–Crippen LogP) is 2.59. The Morgan fingerprint density at radius 1 is 1.39 bits per heavy atom. The van der Waals surface area contributed by atoms with Gasteiger partial charge in [-0.15, -0.1) is 0 Å². The Morgan fingerprint density at radius 2 is 2.26 bits per heavy atom. The predicted molar refractivity (Wildman–Crippen MR) is 87.1 cm³/mol. The second-order valence-corrected chi connectivity index (χ2v) is 5.96. The third-order valence-electron chi connectivity index (χ3n) is 4.25. The van der Waals surface area contributed by atoms with E-state index in [2.05, 4.69) is 45.2 Å². The fraction of sp³-hybridized carbons (Fsp3) is 0.353. The van der Waals surface area contributed by atoms with E-state index in [4.69, 9.17) is 4.98 Å². The SMILES string of the molecule is CCc1nc2cc(CNC(=O)c3ccn[nH]3)ccc2n1C1CC1. The molecule has 0 atom stereocenters. The van der Waals surface area contributed by atoms with E-state index in [1.165, 1.54) is 18.4 Å². The first kappa shape index (κ1) is 14.0. The van der Waals surface area contributed by atoms with Crippen molar-refractivity contribution in [1.82, 2.24) is 25.1 Å². The van der Waals surface area contributed by atoms with Crippen LogP contribution in [-0.4, -0.2) is 25.7 Å². The van der Waals surface area contributed by atoms with Gasteiger partial charge in [-0.3, -0.25) is 9.89 Å². The highest BCUT2D eigenvalue weighted by Gasteiger charge is 2.27. The topological polar surface area (TPSA) is 75.6 Å². The molecule has 2 heterocycles. The minimum Gasteiger partial charge on any atom is -0.347 e. The molecule has 3 aromatic rings. The molecule has 1 amide bonds. The Balaban J connectivity index is 1.56. The number of hydrogen-bond acceptors (Lipinski definition) is 3. The lowest BCUT2D eigenvalue weighted by Crippen LogP contribution is -2.23. The van der Waals surface area contributed by atoms with Gasteiger partial charge >= 0.3 is 0 Å². The molecule has 0 spiro atoms. The maximum atomic E-state index is 11.9. The number of imidazole rings is 1. The van der Waals surface area contributed by atoms with E-state index in [1.54, 1.807) is 12.3 Å². The summed E-state index contributed by atoms with van der Waals surface area (Å²) < 4.78 is 2.38. The number of rotatable bonds is 5. The van der Waals surface area contributed by atoms with E-state index in [1.807, 2.05) is 0 Å². The molecule has 1 fully saturated rings. The number of carbonyl (C=O) groups excluding carboxylic acids is 1. The largest absolute Gasteiger partial charge is 0.347 e. The molecule has 6 nitrogen and oxygen atoms in total. The van der Waals surface area contributed by atoms with Crippen LogP contribution < -0.4 is 5.32 Å². The molecule has 1 saturated carbocycles. The summed E-state index contributed by atoms with van der Waals surface area (Å²) in [7, 11) is 0. The van der Waals surface area contributed by atoms with Crippen molar-refractivity contribution in [2.45, 2.75) is 38.8 Å². The number of nitrogens with one attached hydrogen (secondary N) is 2. The molecule has 118 valence electrons. The summed E-state index contributed by atoms with van der Waals surface area (Å²) in [5.74, 6) is 1.00. The first-order chi connectivity index (χ1) is 11.3. The third-order valence-corrected chi connectivity index (χ3v) is 4.25. The number of carbonyl (C=O) groups is 1. The number of nitrogens with zero attached hydrogens (tertiary/aromatic N) is 3. The zero-order valence-corrected chi connectivity index (χ0v) is 13.0. The van der Waals surface area contributed by atoms with Gasteiger partial charge in [0.2, 0.25) is 0 Å². The molecule has 1 aliphatic carbocycles. The maximum Gasteiger partial charge on any atom is 0.269 e. The van der Waals surface area contributed by atoms with Crippen molar-refractivity contribution >= 4 is 16.9 Å². The first-order valence-electron chi connectivity index (χ1n) is 8.03. The van der Waals surface area contributed by atoms with Gasteiger partial charge in [0, 0.05) is 25.2 Å². The van der Waals surface area contributed by atoms with Crippen LogP contribution in [-0.2, 0) is 13.0 Å². The quantitative estimate of drug-likeness (QED) is 0.760. The minimum atomic E-state index is -0.152. The van der Waals surface area contributed by atoms with Crippen molar-refractivity contribution in [3.8, 4) is 0 Å². The van der Waals surface area contributed by atoms with E-state index in [0.29, 0.717) is 18.3 Å². The van der Waals surface area contributed by atoms with Gasteiger partial charge in [0.1, 0.15) is 11.5 Å². The number of fused-ring (bicyclic) bond motifs is 1. The highest BCUT2D eigenvalue weighted by Crippen LogP contribution is 2.38. The Hall–Kier alpha value is -2.63. The fourth-order valence-electron chi connectivity index (χ4n) is 2.95. The van der Waals surface area contributed by atoms with Gasteiger partial charge in [-0.25, -0.2) is 4.98 Å². The van der Waals surface area contributed by atoms with Crippen LogP contribution in [0.1, 0.15) is 47.7 Å². The molecule has 6 heteroatoms. The normalized spacial score (nSPS) is 14.3. The average Bonchev–Trinajstić information content (AvgIpc) is 3.13. The Kier molecular flexibility index (Phi) is 3.37. The molecule has 2 N–H and O–H groups in total. The van der Waals surface area contributed by atoms with E-state index in [0.717, 1.165) is 23.3 Å². The number of H-pyrrole nitrogens is 1. The molecule has 0 aliphatic heterocycles. The molecular formula is C17H19N5O. The summed E-state index contributed by atoms with van der Waals surface area (Å²) in [4.78, 5) is 16.7. The van der Waals surface area contributed by atoms with Crippen molar-refractivity contribution in [3.05, 3.63) is 47.5 Å². The second kappa shape index (κ2) is 5.53. The molecule has 0 saturated heterocycles. The summed E-state index contributed by atoms with van der Waals surface area (Å²) in [6.45, 7) is 2.62. The Labute approximate surface area is 133 Å². The van der Waals surface area contributed by atoms with Gasteiger partial charge in [0.15, 0.2) is 0 Å². The summed E-state index contributed by atoms with van der Waals surface area (Å²) >= 11 is 0. The van der Waals surface area contributed by atoms with Gasteiger partial charge in [-0.05, 0) is 36.6 Å². The van der Waals surface area contributed by atoms with Gasteiger partial charge < -0.3 is 9.88 Å². The van der Waals surface area contributed by atoms with Crippen molar-refractivity contribution < 1.29 is 4.79 Å². The lowest BCUT2D eigenvalue weighted by molar-refractivity contribution is 0.0946. The highest BCUT2D eigenvalue weighted by atomic mass is 16.1. The number of aromatic nitrogens is 4. The molecule has 0 radical (unpaired) electrons. The Bertz CT molecular complexity index is 845. The van der Waals surface area contributed by atoms with E-state index in [9.17, 15) is 4.79 Å². The van der Waals surface area contributed by atoms with Gasteiger partial charge in [0.25, 0.3) is 5.91 Å². The first-order valence-corrected chi connectivity index (χ1v) is 8.03. The molecule has 1 aromatic carbocycles. The van der Waals surface area contributed by atoms with Gasteiger partial charge in [-0.2, -0.15) is 5.10 Å². The van der Waals surface area contributed by atoms with Crippen molar-refractivity contribution in [2.24, 2.45) is 0 Å². The summed E-state index contributed by atoms with van der Waals surface area (Å²) in [5.41, 5.74) is 3.74. The van der Waals surface area contributed by atoms with Crippen LogP contribution in [0.3, 0.4) is 0 Å². The van der Waals surface area contributed by atoms with Crippen molar-refractivity contribution in [3.63, 3.8) is 0 Å². The molecule has 23 heavy (non-hydrogen) atoms. The third kappa shape index (κ3) is 2.60. The minimum absolute atomic E-state index is 0.152. The van der Waals surface area contributed by atoms with Crippen LogP contribution in [0.2, 0.25) is 0 Å². The smallest absolute Gasteiger partial charge is 0.269 e. The molecule has 0 bridgehead atoms. The molecule has 1 aliphatic rings. The number of amides is 1. The van der Waals surface area contributed by atoms with E-state index in [-0.39, 0.29) is 5.91 Å². The molecule has 4 rings (SSSR count). The van der Waals surface area contributed by atoms with Crippen molar-refractivity contribution in [1.29, 1.82) is 0 Å².